The number of nitrogens with zero attached hydrogens (tertiary/aromatic N) is 1. The summed E-state index contributed by atoms with van der Waals surface area (Å²) in [5.74, 6) is 0.831. The van der Waals surface area contributed by atoms with Crippen LogP contribution in [0.3, 0.4) is 0 Å². The Hall–Kier alpha value is -1.35. The fraction of sp³-hybridized carbons (Fsp3) is 0.462. The van der Waals surface area contributed by atoms with Gasteiger partial charge < -0.3 is 10.1 Å². The van der Waals surface area contributed by atoms with Crippen molar-refractivity contribution in [3.05, 3.63) is 36.7 Å². The van der Waals surface area contributed by atoms with Crippen molar-refractivity contribution < 1.29 is 4.74 Å². The van der Waals surface area contributed by atoms with Crippen molar-refractivity contribution in [2.75, 3.05) is 13.7 Å². The minimum Gasteiger partial charge on any atom is -0.495 e. The van der Waals surface area contributed by atoms with E-state index in [2.05, 4.69) is 23.8 Å². The molecule has 1 atom stereocenters. The maximum atomic E-state index is 5.32. The Labute approximate surface area is 97.5 Å². The first-order chi connectivity index (χ1) is 7.83. The second-order valence-corrected chi connectivity index (χ2v) is 3.65. The SMILES string of the molecule is C=CCC(NCCC)c1ccncc1OC. The average molecular weight is 220 g/mol. The van der Waals surface area contributed by atoms with E-state index < -0.39 is 0 Å². The van der Waals surface area contributed by atoms with Crippen molar-refractivity contribution >= 4 is 0 Å². The van der Waals surface area contributed by atoms with E-state index >= 15 is 0 Å². The molecule has 1 N–H and O–H groups in total. The van der Waals surface area contributed by atoms with Crippen LogP contribution in [0.15, 0.2) is 31.1 Å². The minimum atomic E-state index is 0.260. The lowest BCUT2D eigenvalue weighted by atomic mass is 10.0. The number of hydrogen-bond donors (Lipinski definition) is 1. The Kier molecular flexibility index (Phi) is 5.57. The highest BCUT2D eigenvalue weighted by atomic mass is 16.5. The molecule has 16 heavy (non-hydrogen) atoms. The van der Waals surface area contributed by atoms with Crippen molar-refractivity contribution in [3.8, 4) is 5.75 Å². The summed E-state index contributed by atoms with van der Waals surface area (Å²) in [5, 5.41) is 3.48. The normalized spacial score (nSPS) is 12.1. The second kappa shape index (κ2) is 7.01. The van der Waals surface area contributed by atoms with Crippen molar-refractivity contribution in [1.29, 1.82) is 0 Å². The fourth-order valence-corrected chi connectivity index (χ4v) is 1.65. The molecule has 1 rings (SSSR count). The van der Waals surface area contributed by atoms with Crippen LogP contribution in [-0.2, 0) is 0 Å². The third kappa shape index (κ3) is 3.35. The third-order valence-electron chi connectivity index (χ3n) is 2.45. The molecule has 1 aromatic heterocycles. The quantitative estimate of drug-likeness (QED) is 0.717. The van der Waals surface area contributed by atoms with Gasteiger partial charge in [-0.2, -0.15) is 0 Å². The summed E-state index contributed by atoms with van der Waals surface area (Å²) < 4.78 is 5.32. The Morgan fingerprint density at radius 3 is 3.06 bits per heavy atom. The van der Waals surface area contributed by atoms with Crippen LogP contribution in [0.1, 0.15) is 31.4 Å². The van der Waals surface area contributed by atoms with Gasteiger partial charge in [-0.05, 0) is 25.5 Å². The van der Waals surface area contributed by atoms with Crippen LogP contribution >= 0.6 is 0 Å². The van der Waals surface area contributed by atoms with E-state index in [0.29, 0.717) is 0 Å². The summed E-state index contributed by atoms with van der Waals surface area (Å²) in [4.78, 5) is 4.06. The van der Waals surface area contributed by atoms with E-state index in [9.17, 15) is 0 Å². The standard InChI is InChI=1S/C13H20N2O/c1-4-6-12(15-8-5-2)11-7-9-14-10-13(11)16-3/h4,7,9-10,12,15H,1,5-6,8H2,2-3H3. The number of methoxy groups -OCH3 is 1. The van der Waals surface area contributed by atoms with Crippen LogP contribution in [0.5, 0.6) is 5.75 Å². The molecule has 0 bridgehead atoms. The second-order valence-electron chi connectivity index (χ2n) is 3.65. The lowest BCUT2D eigenvalue weighted by Gasteiger charge is -2.19. The Morgan fingerprint density at radius 1 is 1.62 bits per heavy atom. The first-order valence-corrected chi connectivity index (χ1v) is 5.65. The van der Waals surface area contributed by atoms with Crippen LogP contribution in [-0.4, -0.2) is 18.6 Å². The van der Waals surface area contributed by atoms with Crippen molar-refractivity contribution in [2.24, 2.45) is 0 Å². The molecule has 1 aromatic rings. The maximum Gasteiger partial charge on any atom is 0.141 e. The van der Waals surface area contributed by atoms with Gasteiger partial charge in [0.2, 0.25) is 0 Å². The molecule has 3 heteroatoms. The van der Waals surface area contributed by atoms with Gasteiger partial charge >= 0.3 is 0 Å². The molecule has 0 saturated heterocycles. The molecule has 0 aromatic carbocycles. The van der Waals surface area contributed by atoms with Gasteiger partial charge in [0.1, 0.15) is 5.75 Å². The Bertz CT molecular complexity index is 325. The molecule has 0 saturated carbocycles. The maximum absolute atomic E-state index is 5.32. The zero-order chi connectivity index (χ0) is 11.8. The molecule has 0 aliphatic heterocycles. The molecule has 0 spiro atoms. The van der Waals surface area contributed by atoms with E-state index in [1.165, 1.54) is 0 Å². The predicted octanol–water partition coefficient (Wildman–Crippen LogP) is 2.71. The molecule has 88 valence electrons. The molecule has 0 aliphatic carbocycles. The van der Waals surface area contributed by atoms with Gasteiger partial charge in [-0.15, -0.1) is 6.58 Å². The van der Waals surface area contributed by atoms with Gasteiger partial charge in [-0.25, -0.2) is 0 Å². The van der Waals surface area contributed by atoms with E-state index in [1.807, 2.05) is 12.1 Å². The largest absolute Gasteiger partial charge is 0.495 e. The smallest absolute Gasteiger partial charge is 0.141 e. The Morgan fingerprint density at radius 2 is 2.44 bits per heavy atom. The summed E-state index contributed by atoms with van der Waals surface area (Å²) in [7, 11) is 1.67. The summed E-state index contributed by atoms with van der Waals surface area (Å²) in [6.07, 6.45) is 7.47. The molecule has 0 aliphatic rings. The first-order valence-electron chi connectivity index (χ1n) is 5.65. The average Bonchev–Trinajstić information content (AvgIpc) is 2.34. The third-order valence-corrected chi connectivity index (χ3v) is 2.45. The number of pyridine rings is 1. The summed E-state index contributed by atoms with van der Waals surface area (Å²) in [6, 6.07) is 2.26. The van der Waals surface area contributed by atoms with E-state index in [1.54, 1.807) is 19.5 Å². The van der Waals surface area contributed by atoms with Crippen LogP contribution in [0.4, 0.5) is 0 Å². The molecule has 1 heterocycles. The fourth-order valence-electron chi connectivity index (χ4n) is 1.65. The zero-order valence-corrected chi connectivity index (χ0v) is 10.1. The van der Waals surface area contributed by atoms with Gasteiger partial charge in [0.25, 0.3) is 0 Å². The number of ether oxygens (including phenoxy) is 1. The highest BCUT2D eigenvalue weighted by Gasteiger charge is 2.13. The number of hydrogen-bond acceptors (Lipinski definition) is 3. The van der Waals surface area contributed by atoms with Crippen LogP contribution in [0.2, 0.25) is 0 Å². The first kappa shape index (κ1) is 12.7. The minimum absolute atomic E-state index is 0.260. The molecule has 1 unspecified atom stereocenters. The van der Waals surface area contributed by atoms with Gasteiger partial charge in [0, 0.05) is 17.8 Å². The molecule has 0 radical (unpaired) electrons. The monoisotopic (exact) mass is 220 g/mol. The predicted molar refractivity (Wildman–Crippen MR) is 66.6 cm³/mol. The molecule has 0 fully saturated rings. The molecular weight excluding hydrogens is 200 g/mol. The van der Waals surface area contributed by atoms with E-state index in [-0.39, 0.29) is 6.04 Å². The topological polar surface area (TPSA) is 34.2 Å². The van der Waals surface area contributed by atoms with Gasteiger partial charge in [0.15, 0.2) is 0 Å². The zero-order valence-electron chi connectivity index (χ0n) is 10.1. The van der Waals surface area contributed by atoms with Crippen LogP contribution < -0.4 is 10.1 Å². The highest BCUT2D eigenvalue weighted by Crippen LogP contribution is 2.26. The van der Waals surface area contributed by atoms with Gasteiger partial charge in [0.05, 0.1) is 13.3 Å². The molecule has 0 amide bonds. The van der Waals surface area contributed by atoms with E-state index in [4.69, 9.17) is 4.74 Å². The van der Waals surface area contributed by atoms with Crippen molar-refractivity contribution in [2.45, 2.75) is 25.8 Å². The summed E-state index contributed by atoms with van der Waals surface area (Å²) in [6.45, 7) is 6.94. The molecule has 3 nitrogen and oxygen atoms in total. The molecular formula is C13H20N2O. The van der Waals surface area contributed by atoms with E-state index in [0.717, 1.165) is 30.7 Å². The highest BCUT2D eigenvalue weighted by molar-refractivity contribution is 5.33. The summed E-state index contributed by atoms with van der Waals surface area (Å²) in [5.41, 5.74) is 1.14. The van der Waals surface area contributed by atoms with Crippen molar-refractivity contribution in [3.63, 3.8) is 0 Å². The lowest BCUT2D eigenvalue weighted by Crippen LogP contribution is -2.22. The van der Waals surface area contributed by atoms with Crippen molar-refractivity contribution in [1.82, 2.24) is 10.3 Å². The van der Waals surface area contributed by atoms with Gasteiger partial charge in [-0.3, -0.25) is 4.98 Å². The number of aromatic nitrogens is 1. The Balaban J connectivity index is 2.85. The lowest BCUT2D eigenvalue weighted by molar-refractivity contribution is 0.397. The number of nitrogens with one attached hydrogen (secondary N) is 1. The van der Waals surface area contributed by atoms with Crippen LogP contribution in [0.25, 0.3) is 0 Å². The van der Waals surface area contributed by atoms with Gasteiger partial charge in [-0.1, -0.05) is 13.0 Å². The number of rotatable bonds is 7. The van der Waals surface area contributed by atoms with Crippen LogP contribution in [0, 0.1) is 0 Å². The summed E-state index contributed by atoms with van der Waals surface area (Å²) >= 11 is 0.